The summed E-state index contributed by atoms with van der Waals surface area (Å²) in [4.78, 5) is 12.7. The van der Waals surface area contributed by atoms with Crippen LogP contribution in [0, 0.1) is 5.82 Å². The molecule has 1 aromatic rings. The fourth-order valence-electron chi connectivity index (χ4n) is 1.29. The monoisotopic (exact) mass is 245 g/mol. The zero-order valence-corrected chi connectivity index (χ0v) is 9.92. The summed E-state index contributed by atoms with van der Waals surface area (Å²) in [5.74, 6) is -0.775. The van der Waals surface area contributed by atoms with Crippen molar-refractivity contribution in [2.24, 2.45) is 0 Å². The maximum Gasteiger partial charge on any atom is 0.319 e. The average Bonchev–Trinajstić information content (AvgIpc) is 2.23. The Labute approximate surface area is 98.8 Å². The predicted octanol–water partition coefficient (Wildman–Crippen LogP) is 2.08. The Kier molecular flexibility index (Phi) is 4.71. The largest absolute Gasteiger partial charge is 0.468 e. The molecule has 0 spiro atoms. The number of benzene rings is 1. The zero-order valence-electron chi connectivity index (χ0n) is 9.17. The van der Waals surface area contributed by atoms with E-state index in [0.29, 0.717) is 6.54 Å². The van der Waals surface area contributed by atoms with Crippen molar-refractivity contribution in [2.45, 2.75) is 6.54 Å². The lowest BCUT2D eigenvalue weighted by Gasteiger charge is -2.15. The van der Waals surface area contributed by atoms with Crippen molar-refractivity contribution < 1.29 is 13.9 Å². The van der Waals surface area contributed by atoms with E-state index in [1.165, 1.54) is 19.2 Å². The van der Waals surface area contributed by atoms with E-state index < -0.39 is 5.82 Å². The van der Waals surface area contributed by atoms with Crippen LogP contribution < -0.4 is 0 Å². The number of likely N-dealkylation sites (N-methyl/N-ethyl adjacent to an activating group) is 1. The first-order valence-corrected chi connectivity index (χ1v) is 5.10. The van der Waals surface area contributed by atoms with Crippen LogP contribution in [-0.2, 0) is 16.1 Å². The summed E-state index contributed by atoms with van der Waals surface area (Å²) in [6.45, 7) is 0.629. The summed E-state index contributed by atoms with van der Waals surface area (Å²) in [6, 6.07) is 4.58. The summed E-state index contributed by atoms with van der Waals surface area (Å²) in [7, 11) is 3.08. The van der Waals surface area contributed by atoms with Gasteiger partial charge < -0.3 is 4.74 Å². The summed E-state index contributed by atoms with van der Waals surface area (Å²) < 4.78 is 17.6. The summed E-state index contributed by atoms with van der Waals surface area (Å²) >= 11 is 5.56. The number of hydrogen-bond donors (Lipinski definition) is 0. The van der Waals surface area contributed by atoms with Gasteiger partial charge in [0.25, 0.3) is 0 Å². The molecule has 88 valence electrons. The Morgan fingerprint density at radius 3 is 2.81 bits per heavy atom. The Balaban J connectivity index is 2.59. The Bertz CT molecular complexity index is 384. The highest BCUT2D eigenvalue weighted by molar-refractivity contribution is 6.30. The molecule has 0 aliphatic carbocycles. The molecule has 16 heavy (non-hydrogen) atoms. The number of rotatable bonds is 4. The van der Waals surface area contributed by atoms with Crippen molar-refractivity contribution in [1.29, 1.82) is 0 Å². The lowest BCUT2D eigenvalue weighted by Crippen LogP contribution is -2.26. The second-order valence-electron chi connectivity index (χ2n) is 3.50. The van der Waals surface area contributed by atoms with Crippen LogP contribution in [0.3, 0.4) is 0 Å². The Hall–Kier alpha value is -1.13. The minimum atomic E-state index is -0.453. The molecule has 0 radical (unpaired) electrons. The van der Waals surface area contributed by atoms with Gasteiger partial charge in [-0.1, -0.05) is 17.7 Å². The van der Waals surface area contributed by atoms with Crippen LogP contribution in [0.5, 0.6) is 0 Å². The van der Waals surface area contributed by atoms with Crippen molar-refractivity contribution in [1.82, 2.24) is 4.90 Å². The third-order valence-corrected chi connectivity index (χ3v) is 2.37. The third-order valence-electron chi connectivity index (χ3n) is 2.06. The maximum absolute atomic E-state index is 13.1. The smallest absolute Gasteiger partial charge is 0.319 e. The van der Waals surface area contributed by atoms with Crippen LogP contribution >= 0.6 is 11.6 Å². The van der Waals surface area contributed by atoms with Gasteiger partial charge in [0.05, 0.1) is 18.7 Å². The van der Waals surface area contributed by atoms with Gasteiger partial charge in [0, 0.05) is 6.54 Å². The number of esters is 1. The molecule has 0 aliphatic heterocycles. The second-order valence-corrected chi connectivity index (χ2v) is 3.90. The topological polar surface area (TPSA) is 29.5 Å². The number of hydrogen-bond acceptors (Lipinski definition) is 3. The molecule has 0 aromatic heterocycles. The van der Waals surface area contributed by atoms with Gasteiger partial charge in [0.2, 0.25) is 0 Å². The molecule has 1 aromatic carbocycles. The standard InChI is InChI=1S/C11H13ClFNO2/c1-14(7-11(15)16-2)6-8-3-4-9(12)10(13)5-8/h3-5H,6-7H2,1-2H3. The van der Waals surface area contributed by atoms with E-state index in [4.69, 9.17) is 11.6 Å². The van der Waals surface area contributed by atoms with E-state index >= 15 is 0 Å². The first-order chi connectivity index (χ1) is 7.52. The fraction of sp³-hybridized carbons (Fsp3) is 0.364. The van der Waals surface area contributed by atoms with E-state index in [2.05, 4.69) is 4.74 Å². The normalized spacial score (nSPS) is 10.6. The molecule has 1 rings (SSSR count). The van der Waals surface area contributed by atoms with Gasteiger partial charge >= 0.3 is 5.97 Å². The molecule has 3 nitrogen and oxygen atoms in total. The maximum atomic E-state index is 13.1. The van der Waals surface area contributed by atoms with Crippen LogP contribution in [0.25, 0.3) is 0 Å². The molecule has 0 atom stereocenters. The molecule has 0 bridgehead atoms. The minimum Gasteiger partial charge on any atom is -0.468 e. The fourth-order valence-corrected chi connectivity index (χ4v) is 1.41. The van der Waals surface area contributed by atoms with Crippen LogP contribution in [0.1, 0.15) is 5.56 Å². The van der Waals surface area contributed by atoms with Crippen LogP contribution in [-0.4, -0.2) is 31.6 Å². The van der Waals surface area contributed by atoms with Crippen molar-refractivity contribution in [3.8, 4) is 0 Å². The summed E-state index contributed by atoms with van der Waals surface area (Å²) in [5.41, 5.74) is 0.758. The van der Waals surface area contributed by atoms with E-state index in [1.54, 1.807) is 18.0 Å². The Morgan fingerprint density at radius 1 is 1.56 bits per heavy atom. The molecule has 0 amide bonds. The van der Waals surface area contributed by atoms with E-state index in [9.17, 15) is 9.18 Å². The highest BCUT2D eigenvalue weighted by Gasteiger charge is 2.08. The molecule has 0 heterocycles. The van der Waals surface area contributed by atoms with E-state index in [0.717, 1.165) is 5.56 Å². The van der Waals surface area contributed by atoms with Gasteiger partial charge in [-0.15, -0.1) is 0 Å². The number of methoxy groups -OCH3 is 1. The molecule has 5 heteroatoms. The number of halogens is 2. The second kappa shape index (κ2) is 5.82. The van der Waals surface area contributed by atoms with Gasteiger partial charge in [0.1, 0.15) is 5.82 Å². The van der Waals surface area contributed by atoms with Gasteiger partial charge in [0.15, 0.2) is 0 Å². The van der Waals surface area contributed by atoms with Crippen LogP contribution in [0.2, 0.25) is 5.02 Å². The van der Waals surface area contributed by atoms with Crippen molar-refractivity contribution in [3.05, 3.63) is 34.6 Å². The lowest BCUT2D eigenvalue weighted by atomic mass is 10.2. The third kappa shape index (κ3) is 3.79. The SMILES string of the molecule is COC(=O)CN(C)Cc1ccc(Cl)c(F)c1. The zero-order chi connectivity index (χ0) is 12.1. The van der Waals surface area contributed by atoms with Crippen LogP contribution in [0.15, 0.2) is 18.2 Å². The predicted molar refractivity (Wildman–Crippen MR) is 59.8 cm³/mol. The van der Waals surface area contributed by atoms with E-state index in [-0.39, 0.29) is 17.5 Å². The molecule has 0 saturated carbocycles. The molecule has 0 saturated heterocycles. The molecule has 0 aliphatic rings. The Morgan fingerprint density at radius 2 is 2.25 bits per heavy atom. The average molecular weight is 246 g/mol. The number of ether oxygens (including phenoxy) is 1. The molecule has 0 fully saturated rings. The number of carbonyl (C=O) groups excluding carboxylic acids is 1. The van der Waals surface area contributed by atoms with Crippen molar-refractivity contribution >= 4 is 17.6 Å². The summed E-state index contributed by atoms with van der Waals surface area (Å²) in [5, 5.41) is 0.0966. The highest BCUT2D eigenvalue weighted by atomic mass is 35.5. The lowest BCUT2D eigenvalue weighted by molar-refractivity contribution is -0.141. The van der Waals surface area contributed by atoms with Crippen LogP contribution in [0.4, 0.5) is 4.39 Å². The first-order valence-electron chi connectivity index (χ1n) is 4.72. The summed E-state index contributed by atoms with van der Waals surface area (Å²) in [6.07, 6.45) is 0. The van der Waals surface area contributed by atoms with Crippen molar-refractivity contribution in [2.75, 3.05) is 20.7 Å². The van der Waals surface area contributed by atoms with Gasteiger partial charge in [-0.3, -0.25) is 9.69 Å². The first kappa shape index (κ1) is 12.9. The number of carbonyl (C=O) groups is 1. The van der Waals surface area contributed by atoms with Gasteiger partial charge in [-0.25, -0.2) is 4.39 Å². The quantitative estimate of drug-likeness (QED) is 0.761. The molecular weight excluding hydrogens is 233 g/mol. The molecular formula is C11H13ClFNO2. The van der Waals surface area contributed by atoms with Gasteiger partial charge in [-0.2, -0.15) is 0 Å². The number of nitrogens with zero attached hydrogens (tertiary/aromatic N) is 1. The van der Waals surface area contributed by atoms with Gasteiger partial charge in [-0.05, 0) is 24.7 Å². The van der Waals surface area contributed by atoms with E-state index in [1.807, 2.05) is 0 Å². The highest BCUT2D eigenvalue weighted by Crippen LogP contribution is 2.16. The van der Waals surface area contributed by atoms with Crippen molar-refractivity contribution in [3.63, 3.8) is 0 Å². The molecule has 0 unspecified atom stereocenters. The minimum absolute atomic E-state index is 0.0966. The molecule has 0 N–H and O–H groups in total.